The van der Waals surface area contributed by atoms with Crippen LogP contribution >= 0.6 is 11.3 Å². The van der Waals surface area contributed by atoms with E-state index in [1.54, 1.807) is 23.1 Å². The van der Waals surface area contributed by atoms with Crippen LogP contribution in [-0.2, 0) is 23.0 Å². The molecular weight excluding hydrogens is 368 g/mol. The molecule has 2 N–H and O–H groups in total. The van der Waals surface area contributed by atoms with E-state index < -0.39 is 0 Å². The van der Waals surface area contributed by atoms with E-state index in [4.69, 9.17) is 4.74 Å². The van der Waals surface area contributed by atoms with Crippen LogP contribution in [0.3, 0.4) is 0 Å². The molecule has 0 radical (unpaired) electrons. The molecule has 0 unspecified atom stereocenters. The van der Waals surface area contributed by atoms with Crippen LogP contribution in [0.2, 0.25) is 0 Å². The maximum Gasteiger partial charge on any atom is 0.311 e. The predicted molar refractivity (Wildman–Crippen MR) is 101 cm³/mol. The Morgan fingerprint density at radius 3 is 2.81 bits per heavy atom. The van der Waals surface area contributed by atoms with Crippen molar-refractivity contribution in [3.8, 4) is 11.3 Å². The normalized spacial score (nSPS) is 10.8. The molecule has 3 rings (SSSR count). The molecule has 10 heteroatoms. The van der Waals surface area contributed by atoms with Gasteiger partial charge in [0.15, 0.2) is 5.13 Å². The van der Waals surface area contributed by atoms with Crippen molar-refractivity contribution < 1.29 is 14.3 Å². The quantitative estimate of drug-likeness (QED) is 0.626. The molecule has 0 saturated carbocycles. The zero-order valence-electron chi connectivity index (χ0n) is 15.5. The fourth-order valence-electron chi connectivity index (χ4n) is 2.68. The highest BCUT2D eigenvalue weighted by molar-refractivity contribution is 7.14. The summed E-state index contributed by atoms with van der Waals surface area (Å²) in [6.45, 7) is 5.92. The van der Waals surface area contributed by atoms with Crippen LogP contribution in [0.15, 0.2) is 11.4 Å². The third-order valence-corrected chi connectivity index (χ3v) is 4.80. The molecule has 0 aliphatic carbocycles. The molecular formula is C17H20N6O3S. The summed E-state index contributed by atoms with van der Waals surface area (Å²) < 4.78 is 6.67. The number of H-pyrrole nitrogens is 1. The van der Waals surface area contributed by atoms with Crippen molar-refractivity contribution in [3.05, 3.63) is 34.2 Å². The number of thiazole rings is 1. The largest absolute Gasteiger partial charge is 0.466 e. The number of amides is 1. The SMILES string of the molecule is CCOC(=O)Cc1csc(NC(=O)c2cc(-c3c(C)nn(C)c3C)n[nH]2)n1. The van der Waals surface area contributed by atoms with Crippen LogP contribution in [-0.4, -0.2) is 43.4 Å². The fourth-order valence-corrected chi connectivity index (χ4v) is 3.39. The molecule has 0 aromatic carbocycles. The third-order valence-electron chi connectivity index (χ3n) is 3.99. The number of carbonyl (C=O) groups is 2. The number of hydrogen-bond donors (Lipinski definition) is 2. The first kappa shape index (κ1) is 18.8. The fraction of sp³-hybridized carbons (Fsp3) is 0.353. The van der Waals surface area contributed by atoms with Gasteiger partial charge in [0.25, 0.3) is 5.91 Å². The van der Waals surface area contributed by atoms with Gasteiger partial charge in [0.05, 0.1) is 30.1 Å². The van der Waals surface area contributed by atoms with E-state index in [2.05, 4.69) is 25.6 Å². The summed E-state index contributed by atoms with van der Waals surface area (Å²) in [7, 11) is 1.86. The monoisotopic (exact) mass is 388 g/mol. The van der Waals surface area contributed by atoms with E-state index in [9.17, 15) is 9.59 Å². The number of ether oxygens (including phenoxy) is 1. The first-order valence-electron chi connectivity index (χ1n) is 8.36. The lowest BCUT2D eigenvalue weighted by Crippen LogP contribution is -2.12. The van der Waals surface area contributed by atoms with E-state index >= 15 is 0 Å². The Morgan fingerprint density at radius 2 is 2.15 bits per heavy atom. The summed E-state index contributed by atoms with van der Waals surface area (Å²) >= 11 is 1.25. The van der Waals surface area contributed by atoms with Crippen LogP contribution in [0, 0.1) is 13.8 Å². The summed E-state index contributed by atoms with van der Waals surface area (Å²) in [5, 5.41) is 16.2. The first-order chi connectivity index (χ1) is 12.9. The van der Waals surface area contributed by atoms with Crippen LogP contribution < -0.4 is 5.32 Å². The topological polar surface area (TPSA) is 115 Å². The summed E-state index contributed by atoms with van der Waals surface area (Å²) in [5.41, 5.74) is 4.24. The molecule has 0 spiro atoms. The molecule has 27 heavy (non-hydrogen) atoms. The summed E-state index contributed by atoms with van der Waals surface area (Å²) in [5.74, 6) is -0.703. The lowest BCUT2D eigenvalue weighted by molar-refractivity contribution is -0.142. The Morgan fingerprint density at radius 1 is 1.37 bits per heavy atom. The lowest BCUT2D eigenvalue weighted by atomic mass is 10.1. The number of esters is 1. The molecule has 0 saturated heterocycles. The number of aromatic amines is 1. The van der Waals surface area contributed by atoms with Crippen molar-refractivity contribution in [2.75, 3.05) is 11.9 Å². The molecule has 3 aromatic heterocycles. The van der Waals surface area contributed by atoms with Gasteiger partial charge in [0.2, 0.25) is 0 Å². The van der Waals surface area contributed by atoms with Gasteiger partial charge in [0.1, 0.15) is 5.69 Å². The Hall–Kier alpha value is -3.01. The number of nitrogens with zero attached hydrogens (tertiary/aromatic N) is 4. The maximum absolute atomic E-state index is 12.4. The zero-order chi connectivity index (χ0) is 19.6. The second-order valence-electron chi connectivity index (χ2n) is 5.92. The van der Waals surface area contributed by atoms with Gasteiger partial charge in [-0.1, -0.05) is 0 Å². The van der Waals surface area contributed by atoms with E-state index in [1.807, 2.05) is 20.9 Å². The van der Waals surface area contributed by atoms with E-state index in [0.29, 0.717) is 28.8 Å². The van der Waals surface area contributed by atoms with Crippen molar-refractivity contribution >= 4 is 28.3 Å². The second-order valence-corrected chi connectivity index (χ2v) is 6.77. The van der Waals surface area contributed by atoms with Crippen molar-refractivity contribution in [1.29, 1.82) is 0 Å². The molecule has 3 aromatic rings. The van der Waals surface area contributed by atoms with Gasteiger partial charge in [-0.3, -0.25) is 24.7 Å². The number of nitrogens with one attached hydrogen (secondary N) is 2. The number of carbonyl (C=O) groups excluding carboxylic acids is 2. The molecule has 0 bridgehead atoms. The predicted octanol–water partition coefficient (Wildman–Crippen LogP) is 2.24. The van der Waals surface area contributed by atoms with Gasteiger partial charge >= 0.3 is 5.97 Å². The first-order valence-corrected chi connectivity index (χ1v) is 9.24. The van der Waals surface area contributed by atoms with Gasteiger partial charge in [-0.2, -0.15) is 10.2 Å². The van der Waals surface area contributed by atoms with Crippen LogP contribution in [0.1, 0.15) is 34.5 Å². The van der Waals surface area contributed by atoms with Crippen LogP contribution in [0.5, 0.6) is 0 Å². The minimum Gasteiger partial charge on any atom is -0.466 e. The number of aromatic nitrogens is 5. The highest BCUT2D eigenvalue weighted by Gasteiger charge is 2.18. The standard InChI is InChI=1S/C17H20N6O3S/c1-5-26-14(24)6-11-8-27-17(18-11)19-16(25)13-7-12(20-21-13)15-9(2)22-23(4)10(15)3/h7-8H,5-6H2,1-4H3,(H,20,21)(H,18,19,25). The van der Waals surface area contributed by atoms with Crippen molar-refractivity contribution in [3.63, 3.8) is 0 Å². The zero-order valence-corrected chi connectivity index (χ0v) is 16.3. The van der Waals surface area contributed by atoms with Crippen molar-refractivity contribution in [2.45, 2.75) is 27.2 Å². The lowest BCUT2D eigenvalue weighted by Gasteiger charge is -1.99. The molecule has 0 aliphatic heterocycles. The minimum atomic E-state index is -0.356. The number of anilines is 1. The molecule has 0 fully saturated rings. The Balaban J connectivity index is 1.70. The molecule has 1 amide bonds. The number of rotatable bonds is 6. The highest BCUT2D eigenvalue weighted by atomic mass is 32.1. The minimum absolute atomic E-state index is 0.0774. The Bertz CT molecular complexity index is 987. The average molecular weight is 388 g/mol. The molecule has 9 nitrogen and oxygen atoms in total. The summed E-state index contributed by atoms with van der Waals surface area (Å²) in [6.07, 6.45) is 0.0774. The summed E-state index contributed by atoms with van der Waals surface area (Å²) in [6, 6.07) is 1.68. The molecule has 142 valence electrons. The van der Waals surface area contributed by atoms with E-state index in [-0.39, 0.29) is 18.3 Å². The smallest absolute Gasteiger partial charge is 0.311 e. The average Bonchev–Trinajstić information content (AvgIpc) is 3.29. The third kappa shape index (κ3) is 4.05. The van der Waals surface area contributed by atoms with E-state index in [1.165, 1.54) is 11.3 Å². The Labute approximate surface area is 159 Å². The van der Waals surface area contributed by atoms with Crippen LogP contribution in [0.25, 0.3) is 11.3 Å². The van der Waals surface area contributed by atoms with Crippen molar-refractivity contribution in [1.82, 2.24) is 25.0 Å². The van der Waals surface area contributed by atoms with Gasteiger partial charge in [-0.25, -0.2) is 4.98 Å². The Kier molecular flexibility index (Phi) is 5.36. The highest BCUT2D eigenvalue weighted by Crippen LogP contribution is 2.25. The molecule has 3 heterocycles. The van der Waals surface area contributed by atoms with Gasteiger partial charge < -0.3 is 4.74 Å². The van der Waals surface area contributed by atoms with Gasteiger partial charge in [-0.15, -0.1) is 11.3 Å². The molecule has 0 atom stereocenters. The number of aryl methyl sites for hydroxylation is 2. The summed E-state index contributed by atoms with van der Waals surface area (Å²) in [4.78, 5) is 28.2. The van der Waals surface area contributed by atoms with Gasteiger partial charge in [-0.05, 0) is 26.8 Å². The van der Waals surface area contributed by atoms with E-state index in [0.717, 1.165) is 17.0 Å². The van der Waals surface area contributed by atoms with Crippen molar-refractivity contribution in [2.24, 2.45) is 7.05 Å². The second kappa shape index (κ2) is 7.70. The van der Waals surface area contributed by atoms with Gasteiger partial charge in [0, 0.05) is 23.7 Å². The maximum atomic E-state index is 12.4. The number of hydrogen-bond acceptors (Lipinski definition) is 7. The van der Waals surface area contributed by atoms with Crippen LogP contribution in [0.4, 0.5) is 5.13 Å². The molecule has 0 aliphatic rings.